The minimum Gasteiger partial charge on any atom is -0.288 e. The molecule has 0 bridgehead atoms. The van der Waals surface area contributed by atoms with Gasteiger partial charge in [-0.15, -0.1) is 0 Å². The van der Waals surface area contributed by atoms with Crippen LogP contribution in [0.3, 0.4) is 0 Å². The Labute approximate surface area is 130 Å². The monoisotopic (exact) mass is 315 g/mol. The Hall–Kier alpha value is -2.63. The van der Waals surface area contributed by atoms with E-state index in [1.54, 1.807) is 17.9 Å². The number of alkyl halides is 3. The van der Waals surface area contributed by atoms with Gasteiger partial charge in [-0.3, -0.25) is 9.67 Å². The Morgan fingerprint density at radius 3 is 2.74 bits per heavy atom. The summed E-state index contributed by atoms with van der Waals surface area (Å²) in [5.41, 5.74) is 2.77. The molecular weight excluding hydrogens is 303 g/mol. The second-order valence-corrected chi connectivity index (χ2v) is 5.61. The highest BCUT2D eigenvalue weighted by atomic mass is 19.4. The predicted octanol–water partition coefficient (Wildman–Crippen LogP) is 4.19. The zero-order valence-electron chi connectivity index (χ0n) is 12.2. The first-order valence-electron chi connectivity index (χ1n) is 7.10. The molecule has 0 amide bonds. The minimum atomic E-state index is -4.38. The molecule has 0 spiro atoms. The summed E-state index contributed by atoms with van der Waals surface area (Å²) in [6.45, 7) is 0.287. The number of halogens is 3. The lowest BCUT2D eigenvalue weighted by Gasteiger charge is -2.14. The molecule has 1 aliphatic heterocycles. The van der Waals surface area contributed by atoms with E-state index in [-0.39, 0.29) is 6.54 Å². The van der Waals surface area contributed by atoms with Crippen molar-refractivity contribution in [1.29, 1.82) is 0 Å². The summed E-state index contributed by atoms with van der Waals surface area (Å²) in [5, 5.41) is 5.16. The van der Waals surface area contributed by atoms with Crippen LogP contribution >= 0.6 is 0 Å². The summed E-state index contributed by atoms with van der Waals surface area (Å²) >= 11 is 0. The molecule has 0 radical (unpaired) electrons. The lowest BCUT2D eigenvalue weighted by atomic mass is 9.92. The molecule has 0 unspecified atom stereocenters. The summed E-state index contributed by atoms with van der Waals surface area (Å²) < 4.78 is 41.3. The van der Waals surface area contributed by atoms with Crippen molar-refractivity contribution in [2.45, 2.75) is 12.7 Å². The molecule has 0 N–H and O–H groups in total. The molecule has 0 atom stereocenters. The zero-order valence-corrected chi connectivity index (χ0v) is 12.2. The van der Waals surface area contributed by atoms with Crippen molar-refractivity contribution >= 4 is 17.1 Å². The average Bonchev–Trinajstić information content (AvgIpc) is 3.09. The van der Waals surface area contributed by atoms with Crippen LogP contribution in [0, 0.1) is 0 Å². The van der Waals surface area contributed by atoms with E-state index in [0.29, 0.717) is 11.1 Å². The van der Waals surface area contributed by atoms with Crippen molar-refractivity contribution in [2.24, 2.45) is 12.0 Å². The summed E-state index contributed by atoms with van der Waals surface area (Å²) in [6, 6.07) is 7.88. The Morgan fingerprint density at radius 1 is 1.13 bits per heavy atom. The third-order valence-corrected chi connectivity index (χ3v) is 4.03. The molecule has 0 fully saturated rings. The molecule has 3 aromatic rings. The fourth-order valence-electron chi connectivity index (χ4n) is 3.01. The van der Waals surface area contributed by atoms with Crippen molar-refractivity contribution in [3.8, 4) is 11.1 Å². The molecule has 1 aromatic heterocycles. The Kier molecular flexibility index (Phi) is 2.85. The second-order valence-electron chi connectivity index (χ2n) is 5.61. The van der Waals surface area contributed by atoms with Crippen molar-refractivity contribution < 1.29 is 13.2 Å². The topological polar surface area (TPSA) is 30.2 Å². The van der Waals surface area contributed by atoms with E-state index in [1.807, 2.05) is 24.4 Å². The van der Waals surface area contributed by atoms with Crippen LogP contribution in [0.15, 0.2) is 41.5 Å². The number of nitrogens with zero attached hydrogens (tertiary/aromatic N) is 3. The van der Waals surface area contributed by atoms with Crippen LogP contribution in [0.2, 0.25) is 0 Å². The summed E-state index contributed by atoms with van der Waals surface area (Å²) in [7, 11) is 1.79. The Morgan fingerprint density at radius 2 is 1.96 bits per heavy atom. The average molecular weight is 315 g/mol. The van der Waals surface area contributed by atoms with E-state index in [9.17, 15) is 13.2 Å². The molecule has 0 aliphatic carbocycles. The summed E-state index contributed by atoms with van der Waals surface area (Å²) in [4.78, 5) is 4.13. The van der Waals surface area contributed by atoms with Gasteiger partial charge in [0.1, 0.15) is 0 Å². The fourth-order valence-corrected chi connectivity index (χ4v) is 3.01. The highest BCUT2D eigenvalue weighted by molar-refractivity contribution is 6.02. The normalized spacial score (nSPS) is 13.7. The zero-order chi connectivity index (χ0) is 16.2. The first-order valence-corrected chi connectivity index (χ1v) is 7.10. The standard InChI is InChI=1S/C17H12F3N3/c1-23-9-15-12(3-2-4-16(15)22-23)13-6-11(17(18,19)20)5-10-7-21-8-14(10)13/h2-6,8-9H,7H2,1H3. The van der Waals surface area contributed by atoms with Gasteiger partial charge in [-0.2, -0.15) is 18.3 Å². The van der Waals surface area contributed by atoms with Crippen molar-refractivity contribution in [3.63, 3.8) is 0 Å². The molecule has 2 aromatic carbocycles. The van der Waals surface area contributed by atoms with E-state index in [4.69, 9.17) is 0 Å². The summed E-state index contributed by atoms with van der Waals surface area (Å²) in [5.74, 6) is 0. The van der Waals surface area contributed by atoms with E-state index >= 15 is 0 Å². The van der Waals surface area contributed by atoms with Crippen LogP contribution in [0.1, 0.15) is 16.7 Å². The number of aryl methyl sites for hydroxylation is 1. The molecule has 0 saturated carbocycles. The van der Waals surface area contributed by atoms with Gasteiger partial charge in [0, 0.05) is 30.4 Å². The number of rotatable bonds is 1. The highest BCUT2D eigenvalue weighted by Gasteiger charge is 2.32. The minimum absolute atomic E-state index is 0.287. The van der Waals surface area contributed by atoms with E-state index in [2.05, 4.69) is 10.1 Å². The molecule has 23 heavy (non-hydrogen) atoms. The first-order chi connectivity index (χ1) is 10.9. The largest absolute Gasteiger partial charge is 0.416 e. The molecule has 116 valence electrons. The number of aromatic nitrogens is 2. The maximum Gasteiger partial charge on any atom is 0.416 e. The molecular formula is C17H12F3N3. The molecule has 1 aliphatic rings. The number of benzene rings is 2. The van der Waals surface area contributed by atoms with Crippen LogP contribution in [-0.4, -0.2) is 16.0 Å². The quantitative estimate of drug-likeness (QED) is 0.662. The molecule has 0 saturated heterocycles. The maximum atomic E-state index is 13.2. The van der Waals surface area contributed by atoms with Crippen molar-refractivity contribution in [3.05, 3.63) is 53.2 Å². The number of aliphatic imine (C=N–C) groups is 1. The van der Waals surface area contributed by atoms with E-state index < -0.39 is 11.7 Å². The fraction of sp³-hybridized carbons (Fsp3) is 0.176. The van der Waals surface area contributed by atoms with Crippen LogP contribution < -0.4 is 0 Å². The van der Waals surface area contributed by atoms with Gasteiger partial charge in [-0.05, 0) is 34.9 Å². The van der Waals surface area contributed by atoms with Crippen molar-refractivity contribution in [1.82, 2.24) is 9.78 Å². The molecule has 2 heterocycles. The number of fused-ring (bicyclic) bond motifs is 2. The number of hydrogen-bond acceptors (Lipinski definition) is 2. The maximum absolute atomic E-state index is 13.2. The van der Waals surface area contributed by atoms with Crippen LogP contribution in [0.4, 0.5) is 13.2 Å². The van der Waals surface area contributed by atoms with Gasteiger partial charge in [0.25, 0.3) is 0 Å². The van der Waals surface area contributed by atoms with Gasteiger partial charge < -0.3 is 0 Å². The highest BCUT2D eigenvalue weighted by Crippen LogP contribution is 2.39. The molecule has 6 heteroatoms. The lowest BCUT2D eigenvalue weighted by molar-refractivity contribution is -0.137. The molecule has 4 rings (SSSR count). The molecule has 3 nitrogen and oxygen atoms in total. The van der Waals surface area contributed by atoms with E-state index in [1.165, 1.54) is 12.1 Å². The third-order valence-electron chi connectivity index (χ3n) is 4.03. The number of hydrogen-bond donors (Lipinski definition) is 0. The van der Waals surface area contributed by atoms with Crippen LogP contribution in [0.5, 0.6) is 0 Å². The lowest BCUT2D eigenvalue weighted by Crippen LogP contribution is -2.07. The third kappa shape index (κ3) is 2.21. The van der Waals surface area contributed by atoms with Crippen molar-refractivity contribution in [2.75, 3.05) is 0 Å². The van der Waals surface area contributed by atoms with Gasteiger partial charge in [0.2, 0.25) is 0 Å². The van der Waals surface area contributed by atoms with Gasteiger partial charge in [0.15, 0.2) is 0 Å². The van der Waals surface area contributed by atoms with Gasteiger partial charge >= 0.3 is 6.18 Å². The first kappa shape index (κ1) is 14.0. The SMILES string of the molecule is Cn1cc2c(-c3cc(C(F)(F)F)cc4c3C=NC4)cccc2n1. The Balaban J connectivity index is 2.04. The van der Waals surface area contributed by atoms with Crippen LogP contribution in [0.25, 0.3) is 22.0 Å². The summed E-state index contributed by atoms with van der Waals surface area (Å²) in [6.07, 6.45) is -0.904. The van der Waals surface area contributed by atoms with Gasteiger partial charge in [-0.25, -0.2) is 0 Å². The van der Waals surface area contributed by atoms with Gasteiger partial charge in [-0.1, -0.05) is 12.1 Å². The predicted molar refractivity (Wildman–Crippen MR) is 82.5 cm³/mol. The van der Waals surface area contributed by atoms with Crippen LogP contribution in [-0.2, 0) is 19.8 Å². The smallest absolute Gasteiger partial charge is 0.288 e. The van der Waals surface area contributed by atoms with Gasteiger partial charge in [0.05, 0.1) is 17.6 Å². The second kappa shape index (κ2) is 4.68. The van der Waals surface area contributed by atoms with E-state index in [0.717, 1.165) is 22.0 Å². The Bertz CT molecular complexity index is 952.